The normalized spacial score (nSPS) is 26.2. The van der Waals surface area contributed by atoms with Crippen molar-refractivity contribution in [3.05, 3.63) is 60.8 Å². The van der Waals surface area contributed by atoms with Gasteiger partial charge in [-0.1, -0.05) is 45.0 Å². The predicted molar refractivity (Wildman–Crippen MR) is 106 cm³/mol. The Morgan fingerprint density at radius 2 is 1.76 bits per heavy atom. The first-order chi connectivity index (χ1) is 11.8. The van der Waals surface area contributed by atoms with Crippen molar-refractivity contribution in [2.75, 3.05) is 9.80 Å². The molecule has 0 bridgehead atoms. The SMILES string of the molecule is C=CC1(C)c2ccccc2N2c3ncccc3N(C(C)C)C2C1(C)C. The van der Waals surface area contributed by atoms with Crippen LogP contribution in [0.5, 0.6) is 0 Å². The molecule has 2 aliphatic rings. The zero-order valence-electron chi connectivity index (χ0n) is 15.8. The fourth-order valence-electron chi connectivity index (χ4n) is 4.74. The molecule has 0 radical (unpaired) electrons. The Labute approximate surface area is 151 Å². The van der Waals surface area contributed by atoms with Gasteiger partial charge in [0.15, 0.2) is 5.82 Å². The molecule has 25 heavy (non-hydrogen) atoms. The van der Waals surface area contributed by atoms with Gasteiger partial charge in [-0.15, -0.1) is 6.58 Å². The molecular formula is C22H27N3. The van der Waals surface area contributed by atoms with Gasteiger partial charge in [-0.05, 0) is 37.6 Å². The molecule has 3 nitrogen and oxygen atoms in total. The van der Waals surface area contributed by atoms with Crippen LogP contribution in [0.4, 0.5) is 17.2 Å². The molecule has 2 unspecified atom stereocenters. The number of nitrogens with zero attached hydrogens (tertiary/aromatic N) is 3. The summed E-state index contributed by atoms with van der Waals surface area (Å²) in [5.41, 5.74) is 3.62. The Kier molecular flexibility index (Phi) is 3.31. The van der Waals surface area contributed by atoms with Crippen molar-refractivity contribution in [2.45, 2.75) is 52.2 Å². The number of hydrogen-bond donors (Lipinski definition) is 0. The van der Waals surface area contributed by atoms with Crippen molar-refractivity contribution in [1.82, 2.24) is 4.98 Å². The van der Waals surface area contributed by atoms with E-state index in [1.54, 1.807) is 0 Å². The van der Waals surface area contributed by atoms with Crippen molar-refractivity contribution < 1.29 is 0 Å². The molecule has 3 heteroatoms. The highest BCUT2D eigenvalue weighted by atomic mass is 15.5. The maximum atomic E-state index is 4.77. The van der Waals surface area contributed by atoms with Gasteiger partial charge in [0, 0.05) is 28.8 Å². The Hall–Kier alpha value is -2.29. The Bertz CT molecular complexity index is 839. The zero-order valence-corrected chi connectivity index (χ0v) is 15.8. The average molecular weight is 333 g/mol. The molecule has 1 aromatic heterocycles. The molecule has 1 aromatic carbocycles. The van der Waals surface area contributed by atoms with Gasteiger partial charge in [0.2, 0.25) is 0 Å². The monoisotopic (exact) mass is 333 g/mol. The van der Waals surface area contributed by atoms with E-state index in [0.29, 0.717) is 6.04 Å². The zero-order chi connectivity index (χ0) is 18.0. The molecule has 3 heterocycles. The number of allylic oxidation sites excluding steroid dienone is 1. The van der Waals surface area contributed by atoms with E-state index in [4.69, 9.17) is 4.98 Å². The van der Waals surface area contributed by atoms with Crippen LogP contribution in [0.1, 0.15) is 40.2 Å². The Balaban J connectivity index is 2.08. The van der Waals surface area contributed by atoms with Crippen LogP contribution in [-0.2, 0) is 5.41 Å². The number of anilines is 3. The second-order valence-corrected chi connectivity index (χ2v) is 8.24. The highest BCUT2D eigenvalue weighted by Crippen LogP contribution is 2.60. The lowest BCUT2D eigenvalue weighted by Crippen LogP contribution is -2.62. The molecule has 4 rings (SSSR count). The van der Waals surface area contributed by atoms with Gasteiger partial charge in [0.25, 0.3) is 0 Å². The fraction of sp³-hybridized carbons (Fsp3) is 0.409. The van der Waals surface area contributed by atoms with Crippen LogP contribution in [-0.4, -0.2) is 17.2 Å². The van der Waals surface area contributed by atoms with Crippen LogP contribution in [0.25, 0.3) is 0 Å². The summed E-state index contributed by atoms with van der Waals surface area (Å²) in [4.78, 5) is 9.74. The molecule has 0 aliphatic carbocycles. The van der Waals surface area contributed by atoms with Crippen LogP contribution in [0.15, 0.2) is 55.3 Å². The summed E-state index contributed by atoms with van der Waals surface area (Å²) >= 11 is 0. The van der Waals surface area contributed by atoms with Crippen molar-refractivity contribution in [2.24, 2.45) is 5.41 Å². The van der Waals surface area contributed by atoms with E-state index in [9.17, 15) is 0 Å². The van der Waals surface area contributed by atoms with Gasteiger partial charge in [0.05, 0.1) is 5.69 Å². The third kappa shape index (κ3) is 1.84. The minimum Gasteiger partial charge on any atom is -0.345 e. The number of benzene rings is 1. The summed E-state index contributed by atoms with van der Waals surface area (Å²) in [5, 5.41) is 0. The number of fused-ring (bicyclic) bond motifs is 5. The first-order valence-electron chi connectivity index (χ1n) is 9.10. The lowest BCUT2D eigenvalue weighted by Gasteiger charge is -2.57. The number of rotatable bonds is 2. The Morgan fingerprint density at radius 1 is 1.08 bits per heavy atom. The summed E-state index contributed by atoms with van der Waals surface area (Å²) in [6.07, 6.45) is 4.24. The average Bonchev–Trinajstić information content (AvgIpc) is 2.96. The van der Waals surface area contributed by atoms with E-state index in [0.717, 1.165) is 5.82 Å². The molecule has 0 spiro atoms. The summed E-state index contributed by atoms with van der Waals surface area (Å²) in [5.74, 6) is 1.06. The third-order valence-corrected chi connectivity index (χ3v) is 6.45. The van der Waals surface area contributed by atoms with Crippen LogP contribution >= 0.6 is 0 Å². The van der Waals surface area contributed by atoms with E-state index >= 15 is 0 Å². The molecule has 0 fully saturated rings. The van der Waals surface area contributed by atoms with Crippen LogP contribution in [0, 0.1) is 5.41 Å². The number of para-hydroxylation sites is 1. The van der Waals surface area contributed by atoms with Gasteiger partial charge in [-0.3, -0.25) is 0 Å². The second-order valence-electron chi connectivity index (χ2n) is 8.24. The van der Waals surface area contributed by atoms with Gasteiger partial charge in [-0.2, -0.15) is 0 Å². The van der Waals surface area contributed by atoms with Crippen LogP contribution in [0.3, 0.4) is 0 Å². The van der Waals surface area contributed by atoms with Gasteiger partial charge < -0.3 is 9.80 Å². The number of pyridine rings is 1. The molecule has 2 aromatic rings. The summed E-state index contributed by atoms with van der Waals surface area (Å²) in [7, 11) is 0. The van der Waals surface area contributed by atoms with E-state index in [1.165, 1.54) is 16.9 Å². The largest absolute Gasteiger partial charge is 0.345 e. The van der Waals surface area contributed by atoms with E-state index < -0.39 is 0 Å². The quantitative estimate of drug-likeness (QED) is 0.699. The molecule has 2 atom stereocenters. The molecule has 0 saturated heterocycles. The maximum Gasteiger partial charge on any atom is 0.158 e. The lowest BCUT2D eigenvalue weighted by molar-refractivity contribution is 0.160. The van der Waals surface area contributed by atoms with Gasteiger partial charge in [-0.25, -0.2) is 4.98 Å². The summed E-state index contributed by atoms with van der Waals surface area (Å²) in [6.45, 7) is 15.8. The number of hydrogen-bond acceptors (Lipinski definition) is 3. The van der Waals surface area contributed by atoms with E-state index in [2.05, 4.69) is 87.4 Å². The summed E-state index contributed by atoms with van der Waals surface area (Å²) in [6, 6.07) is 13.3. The smallest absolute Gasteiger partial charge is 0.158 e. The highest BCUT2D eigenvalue weighted by Gasteiger charge is 2.58. The van der Waals surface area contributed by atoms with Crippen molar-refractivity contribution in [1.29, 1.82) is 0 Å². The molecule has 0 N–H and O–H groups in total. The summed E-state index contributed by atoms with van der Waals surface area (Å²) < 4.78 is 0. The first kappa shape index (κ1) is 16.2. The molecular weight excluding hydrogens is 306 g/mol. The Morgan fingerprint density at radius 3 is 2.44 bits per heavy atom. The predicted octanol–water partition coefficient (Wildman–Crippen LogP) is 5.26. The minimum atomic E-state index is -0.125. The first-order valence-corrected chi connectivity index (χ1v) is 9.10. The van der Waals surface area contributed by atoms with Crippen molar-refractivity contribution >= 4 is 17.2 Å². The lowest BCUT2D eigenvalue weighted by atomic mass is 9.58. The van der Waals surface area contributed by atoms with Crippen LogP contribution < -0.4 is 9.80 Å². The topological polar surface area (TPSA) is 19.4 Å². The molecule has 130 valence electrons. The van der Waals surface area contributed by atoms with Crippen LogP contribution in [0.2, 0.25) is 0 Å². The standard InChI is InChI=1S/C22H27N3/c1-7-22(6)16-11-8-9-12-17(16)25-19-18(13-10-14-23-19)24(15(2)3)20(25)21(22,4)5/h7-15,20H,1H2,2-6H3. The highest BCUT2D eigenvalue weighted by molar-refractivity contribution is 5.84. The molecule has 0 saturated carbocycles. The van der Waals surface area contributed by atoms with Gasteiger partial charge in [0.1, 0.15) is 6.17 Å². The molecule has 0 amide bonds. The van der Waals surface area contributed by atoms with E-state index in [1.807, 2.05) is 12.3 Å². The van der Waals surface area contributed by atoms with Gasteiger partial charge >= 0.3 is 0 Å². The fourth-order valence-corrected chi connectivity index (χ4v) is 4.74. The van der Waals surface area contributed by atoms with E-state index in [-0.39, 0.29) is 17.0 Å². The molecule has 2 aliphatic heterocycles. The second kappa shape index (κ2) is 5.10. The third-order valence-electron chi connectivity index (χ3n) is 6.45. The maximum absolute atomic E-state index is 4.77. The van der Waals surface area contributed by atoms with Crippen molar-refractivity contribution in [3.63, 3.8) is 0 Å². The van der Waals surface area contributed by atoms with Crippen molar-refractivity contribution in [3.8, 4) is 0 Å². The number of aromatic nitrogens is 1. The minimum absolute atomic E-state index is 0.0475.